The Morgan fingerprint density at radius 2 is 1.78 bits per heavy atom. The number of carbonyl (C=O) groups excluding carboxylic acids is 1. The van der Waals surface area contributed by atoms with Crippen LogP contribution in [-0.2, 0) is 14.8 Å². The number of hydrogen-bond acceptors (Lipinski definition) is 5. The van der Waals surface area contributed by atoms with Gasteiger partial charge in [0.05, 0.1) is 41.4 Å². The first kappa shape index (κ1) is 21.3. The van der Waals surface area contributed by atoms with Crippen LogP contribution >= 0.6 is 23.2 Å². The number of amides is 1. The molecule has 1 amide bonds. The number of ether oxygens (including phenoxy) is 2. The second-order valence-electron chi connectivity index (χ2n) is 5.43. The highest BCUT2D eigenvalue weighted by Gasteiger charge is 2.24. The van der Waals surface area contributed by atoms with Crippen LogP contribution in [0.3, 0.4) is 0 Å². The monoisotopic (exact) mass is 432 g/mol. The number of methoxy groups -OCH3 is 2. The molecule has 7 nitrogen and oxygen atoms in total. The van der Waals surface area contributed by atoms with E-state index in [0.717, 1.165) is 4.31 Å². The van der Waals surface area contributed by atoms with Crippen molar-refractivity contribution in [3.8, 4) is 11.5 Å². The van der Waals surface area contributed by atoms with Gasteiger partial charge >= 0.3 is 0 Å². The van der Waals surface area contributed by atoms with Crippen molar-refractivity contribution in [1.82, 2.24) is 4.31 Å². The number of nitrogens with zero attached hydrogens (tertiary/aromatic N) is 1. The zero-order valence-electron chi connectivity index (χ0n) is 14.8. The van der Waals surface area contributed by atoms with Crippen LogP contribution in [0.4, 0.5) is 5.69 Å². The minimum Gasteiger partial charge on any atom is -0.493 e. The van der Waals surface area contributed by atoms with Crippen LogP contribution in [0.2, 0.25) is 10.0 Å². The van der Waals surface area contributed by atoms with Gasteiger partial charge < -0.3 is 14.8 Å². The Bertz CT molecular complexity index is 950. The van der Waals surface area contributed by atoms with Crippen LogP contribution in [0.15, 0.2) is 41.3 Å². The van der Waals surface area contributed by atoms with Gasteiger partial charge in [-0.05, 0) is 24.3 Å². The highest BCUT2D eigenvalue weighted by molar-refractivity contribution is 7.89. The summed E-state index contributed by atoms with van der Waals surface area (Å²) in [4.78, 5) is 12.2. The summed E-state index contributed by atoms with van der Waals surface area (Å²) in [6.45, 7) is -0.417. The smallest absolute Gasteiger partial charge is 0.243 e. The Labute approximate surface area is 167 Å². The lowest BCUT2D eigenvalue weighted by atomic mass is 10.3. The van der Waals surface area contributed by atoms with E-state index < -0.39 is 22.5 Å². The van der Waals surface area contributed by atoms with Gasteiger partial charge in [0.2, 0.25) is 15.9 Å². The largest absolute Gasteiger partial charge is 0.493 e. The third kappa shape index (κ3) is 4.84. The molecule has 0 unspecified atom stereocenters. The van der Waals surface area contributed by atoms with Crippen molar-refractivity contribution in [3.63, 3.8) is 0 Å². The summed E-state index contributed by atoms with van der Waals surface area (Å²) >= 11 is 11.9. The summed E-state index contributed by atoms with van der Waals surface area (Å²) in [7, 11) is 0.223. The Kier molecular flexibility index (Phi) is 6.94. The highest BCUT2D eigenvalue weighted by Crippen LogP contribution is 2.31. The van der Waals surface area contributed by atoms with E-state index in [1.807, 2.05) is 0 Å². The van der Waals surface area contributed by atoms with Crippen LogP contribution in [0.5, 0.6) is 11.5 Å². The first-order valence-corrected chi connectivity index (χ1v) is 9.82. The van der Waals surface area contributed by atoms with E-state index in [2.05, 4.69) is 5.32 Å². The number of carbonyl (C=O) groups is 1. The maximum Gasteiger partial charge on any atom is 0.243 e. The third-order valence-corrected chi connectivity index (χ3v) is 6.27. The van der Waals surface area contributed by atoms with E-state index in [0.29, 0.717) is 11.4 Å². The van der Waals surface area contributed by atoms with Gasteiger partial charge in [-0.1, -0.05) is 29.3 Å². The minimum atomic E-state index is -3.92. The number of nitrogens with one attached hydrogen (secondary N) is 1. The van der Waals surface area contributed by atoms with Crippen molar-refractivity contribution in [2.75, 3.05) is 33.1 Å². The molecule has 0 aliphatic rings. The van der Waals surface area contributed by atoms with E-state index in [4.69, 9.17) is 32.7 Å². The third-order valence-electron chi connectivity index (χ3n) is 3.66. The molecule has 0 bridgehead atoms. The Hall–Kier alpha value is -2.00. The minimum absolute atomic E-state index is 0.0313. The van der Waals surface area contributed by atoms with Crippen LogP contribution < -0.4 is 14.8 Å². The fourth-order valence-corrected chi connectivity index (χ4v) is 3.73. The number of sulfonamides is 1. The summed E-state index contributed by atoms with van der Waals surface area (Å²) in [6, 6.07) is 8.94. The van der Waals surface area contributed by atoms with Crippen molar-refractivity contribution in [3.05, 3.63) is 46.4 Å². The van der Waals surface area contributed by atoms with Crippen molar-refractivity contribution < 1.29 is 22.7 Å². The number of hydrogen-bond donors (Lipinski definition) is 1. The molecule has 10 heteroatoms. The second kappa shape index (κ2) is 8.79. The zero-order valence-corrected chi connectivity index (χ0v) is 17.2. The normalized spacial score (nSPS) is 11.3. The standard InChI is InChI=1S/C17H18Cl2N2O5S/c1-21(10-16(22)20-13-6-4-5-12(18)17(13)19)27(23,24)11-7-8-14(25-2)15(9-11)26-3/h4-9H,10H2,1-3H3,(H,20,22). The quantitative estimate of drug-likeness (QED) is 0.725. The lowest BCUT2D eigenvalue weighted by molar-refractivity contribution is -0.116. The predicted octanol–water partition coefficient (Wildman–Crippen LogP) is 3.27. The van der Waals surface area contributed by atoms with Gasteiger partial charge in [-0.15, -0.1) is 0 Å². The number of rotatable bonds is 7. The van der Waals surface area contributed by atoms with Gasteiger partial charge in [-0.3, -0.25) is 4.79 Å². The maximum atomic E-state index is 12.7. The van der Waals surface area contributed by atoms with Crippen LogP contribution in [0.25, 0.3) is 0 Å². The molecule has 0 fully saturated rings. The molecule has 0 spiro atoms. The van der Waals surface area contributed by atoms with Gasteiger partial charge in [0.1, 0.15) is 0 Å². The zero-order chi connectivity index (χ0) is 20.2. The Morgan fingerprint density at radius 3 is 2.41 bits per heavy atom. The second-order valence-corrected chi connectivity index (χ2v) is 8.26. The fourth-order valence-electron chi connectivity index (χ4n) is 2.23. The summed E-state index contributed by atoms with van der Waals surface area (Å²) in [5, 5.41) is 3.00. The van der Waals surface area contributed by atoms with Crippen molar-refractivity contribution in [1.29, 1.82) is 0 Å². The average Bonchev–Trinajstić information content (AvgIpc) is 2.64. The molecular weight excluding hydrogens is 415 g/mol. The number of anilines is 1. The van der Waals surface area contributed by atoms with Crippen LogP contribution in [-0.4, -0.2) is 46.4 Å². The molecule has 2 aromatic rings. The number of benzene rings is 2. The van der Waals surface area contributed by atoms with E-state index in [1.54, 1.807) is 18.2 Å². The maximum absolute atomic E-state index is 12.7. The lowest BCUT2D eigenvalue weighted by Gasteiger charge is -2.18. The molecule has 0 aliphatic carbocycles. The topological polar surface area (TPSA) is 84.9 Å². The molecule has 0 saturated carbocycles. The molecule has 0 aliphatic heterocycles. The highest BCUT2D eigenvalue weighted by atomic mass is 35.5. The molecule has 0 saturated heterocycles. The molecule has 146 valence electrons. The lowest BCUT2D eigenvalue weighted by Crippen LogP contribution is -2.35. The first-order chi connectivity index (χ1) is 12.7. The molecular formula is C17H18Cl2N2O5S. The summed E-state index contributed by atoms with van der Waals surface area (Å²) in [6.07, 6.45) is 0. The molecule has 1 N–H and O–H groups in total. The molecule has 0 heterocycles. The van der Waals surface area contributed by atoms with E-state index in [9.17, 15) is 13.2 Å². The molecule has 27 heavy (non-hydrogen) atoms. The predicted molar refractivity (Wildman–Crippen MR) is 104 cm³/mol. The molecule has 0 radical (unpaired) electrons. The van der Waals surface area contributed by atoms with E-state index in [-0.39, 0.29) is 20.7 Å². The Balaban J connectivity index is 2.17. The summed E-state index contributed by atoms with van der Waals surface area (Å²) in [5.74, 6) is 0.0975. The molecule has 0 aromatic heterocycles. The van der Waals surface area contributed by atoms with E-state index >= 15 is 0 Å². The fraction of sp³-hybridized carbons (Fsp3) is 0.235. The van der Waals surface area contributed by atoms with Crippen molar-refractivity contribution >= 4 is 44.8 Å². The van der Waals surface area contributed by atoms with Crippen molar-refractivity contribution in [2.24, 2.45) is 0 Å². The first-order valence-electron chi connectivity index (χ1n) is 7.63. The summed E-state index contributed by atoms with van der Waals surface area (Å²) < 4.78 is 36.6. The molecule has 2 aromatic carbocycles. The molecule has 2 rings (SSSR count). The summed E-state index contributed by atoms with van der Waals surface area (Å²) in [5.41, 5.74) is 0.297. The van der Waals surface area contributed by atoms with Gasteiger partial charge in [-0.2, -0.15) is 4.31 Å². The van der Waals surface area contributed by atoms with Gasteiger partial charge in [0, 0.05) is 13.1 Å². The Morgan fingerprint density at radius 1 is 1.11 bits per heavy atom. The number of halogens is 2. The van der Waals surface area contributed by atoms with Gasteiger partial charge in [0.15, 0.2) is 11.5 Å². The van der Waals surface area contributed by atoms with Crippen LogP contribution in [0, 0.1) is 0 Å². The molecule has 0 atom stereocenters. The SMILES string of the molecule is COc1ccc(S(=O)(=O)N(C)CC(=O)Nc2cccc(Cl)c2Cl)cc1OC. The average molecular weight is 433 g/mol. The van der Waals surface area contributed by atoms with E-state index in [1.165, 1.54) is 39.5 Å². The van der Waals surface area contributed by atoms with Gasteiger partial charge in [0.25, 0.3) is 0 Å². The van der Waals surface area contributed by atoms with Crippen molar-refractivity contribution in [2.45, 2.75) is 4.90 Å². The number of likely N-dealkylation sites (N-methyl/N-ethyl adjacent to an activating group) is 1. The van der Waals surface area contributed by atoms with Gasteiger partial charge in [-0.25, -0.2) is 8.42 Å². The van der Waals surface area contributed by atoms with Crippen LogP contribution in [0.1, 0.15) is 0 Å².